The van der Waals surface area contributed by atoms with E-state index in [1.54, 1.807) is 38.1 Å². The predicted molar refractivity (Wildman–Crippen MR) is 60.7 cm³/mol. The number of hydrogen-bond donors (Lipinski definition) is 0. The Labute approximate surface area is 108 Å². The second kappa shape index (κ2) is 4.52. The van der Waals surface area contributed by atoms with Gasteiger partial charge < -0.3 is 9.47 Å². The van der Waals surface area contributed by atoms with Gasteiger partial charge >= 0.3 is 12.1 Å². The molecule has 6 heteroatoms. The number of benzene rings is 1. The summed E-state index contributed by atoms with van der Waals surface area (Å²) >= 11 is 0. The molecule has 0 N–H and O–H groups in total. The largest absolute Gasteiger partial charge is 0.431 e. The minimum Gasteiger partial charge on any atom is -0.431 e. The summed E-state index contributed by atoms with van der Waals surface area (Å²) in [5, 5.41) is 0. The third kappa shape index (κ3) is 2.73. The highest BCUT2D eigenvalue weighted by Gasteiger charge is 2.44. The van der Waals surface area contributed by atoms with Gasteiger partial charge in [-0.05, 0) is 25.5 Å². The summed E-state index contributed by atoms with van der Waals surface area (Å²) in [6, 6.07) is 6.67. The molecule has 0 aliphatic carbocycles. The van der Waals surface area contributed by atoms with Crippen molar-refractivity contribution >= 4 is 5.97 Å². The first-order valence-electron chi connectivity index (χ1n) is 5.70. The number of esters is 1. The molecule has 3 nitrogen and oxygen atoms in total. The topological polar surface area (TPSA) is 35.5 Å². The minimum absolute atomic E-state index is 0.361. The average molecular weight is 274 g/mol. The highest BCUT2D eigenvalue weighted by molar-refractivity contribution is 5.92. The number of cyclic esters (lactones) is 1. The summed E-state index contributed by atoms with van der Waals surface area (Å²) < 4.78 is 46.3. The van der Waals surface area contributed by atoms with Crippen LogP contribution >= 0.6 is 0 Å². The van der Waals surface area contributed by atoms with Gasteiger partial charge in [-0.25, -0.2) is 4.79 Å². The molecule has 1 unspecified atom stereocenters. The van der Waals surface area contributed by atoms with Crippen LogP contribution in [0.2, 0.25) is 0 Å². The summed E-state index contributed by atoms with van der Waals surface area (Å²) in [6.45, 7) is 1.91. The number of hydrogen-bond acceptors (Lipinski definition) is 3. The van der Waals surface area contributed by atoms with Gasteiger partial charge in [0.1, 0.15) is 6.61 Å². The average Bonchev–Trinajstić information content (AvgIpc) is 2.31. The zero-order valence-electron chi connectivity index (χ0n) is 10.5. The molecule has 0 saturated heterocycles. The monoisotopic (exact) mass is 274 g/mol. The number of rotatable bonds is 2. The number of carbonyl (C=O) groups is 1. The van der Waals surface area contributed by atoms with E-state index in [0.717, 1.165) is 0 Å². The van der Waals surface area contributed by atoms with Gasteiger partial charge in [-0.2, -0.15) is 13.2 Å². The molecular weight excluding hydrogens is 261 g/mol. The van der Waals surface area contributed by atoms with Gasteiger partial charge in [0, 0.05) is 0 Å². The van der Waals surface area contributed by atoms with Crippen LogP contribution in [0.3, 0.4) is 0 Å². The lowest BCUT2D eigenvalue weighted by molar-refractivity contribution is -0.232. The lowest BCUT2D eigenvalue weighted by atomic mass is 9.79. The van der Waals surface area contributed by atoms with E-state index < -0.39 is 30.5 Å². The smallest absolute Gasteiger partial charge is 0.411 e. The lowest BCUT2D eigenvalue weighted by Gasteiger charge is -2.38. The molecule has 0 saturated carbocycles. The first-order chi connectivity index (χ1) is 8.72. The summed E-state index contributed by atoms with van der Waals surface area (Å²) in [7, 11) is 0. The minimum atomic E-state index is -4.46. The fourth-order valence-electron chi connectivity index (χ4n) is 2.07. The Morgan fingerprint density at radius 1 is 1.32 bits per heavy atom. The molecule has 1 atom stereocenters. The van der Waals surface area contributed by atoms with Crippen LogP contribution in [0.25, 0.3) is 0 Å². The highest BCUT2D eigenvalue weighted by atomic mass is 19.4. The normalized spacial score (nSPS) is 21.7. The third-order valence-electron chi connectivity index (χ3n) is 3.04. The maximum Gasteiger partial charge on any atom is 0.411 e. The van der Waals surface area contributed by atoms with E-state index in [9.17, 15) is 18.0 Å². The molecule has 2 rings (SSSR count). The van der Waals surface area contributed by atoms with E-state index in [1.807, 2.05) is 0 Å². The Kier molecular flexibility index (Phi) is 3.30. The van der Waals surface area contributed by atoms with E-state index in [1.165, 1.54) is 0 Å². The maximum absolute atomic E-state index is 12.2. The van der Waals surface area contributed by atoms with Gasteiger partial charge in [0.15, 0.2) is 0 Å². The molecule has 1 aliphatic heterocycles. The molecule has 1 aromatic carbocycles. The second-order valence-corrected chi connectivity index (χ2v) is 4.93. The quantitative estimate of drug-likeness (QED) is 0.778. The van der Waals surface area contributed by atoms with Crippen molar-refractivity contribution in [1.29, 1.82) is 0 Å². The van der Waals surface area contributed by atoms with Crippen LogP contribution in [0.15, 0.2) is 24.3 Å². The van der Waals surface area contributed by atoms with E-state index >= 15 is 0 Å². The van der Waals surface area contributed by atoms with Crippen molar-refractivity contribution in [3.05, 3.63) is 35.4 Å². The van der Waals surface area contributed by atoms with Crippen molar-refractivity contribution in [2.24, 2.45) is 0 Å². The number of alkyl halides is 3. The zero-order valence-corrected chi connectivity index (χ0v) is 10.5. The SMILES string of the molecule is CC1(C)c2ccccc2C(=O)OC1OCC(F)(F)F. The van der Waals surface area contributed by atoms with Crippen LogP contribution in [0.1, 0.15) is 29.8 Å². The Balaban J connectivity index is 2.28. The molecule has 1 heterocycles. The van der Waals surface area contributed by atoms with E-state index in [4.69, 9.17) is 9.47 Å². The summed E-state index contributed by atoms with van der Waals surface area (Å²) in [5.41, 5.74) is 0.147. The summed E-state index contributed by atoms with van der Waals surface area (Å²) in [5.74, 6) is -0.665. The number of ether oxygens (including phenoxy) is 2. The molecule has 19 heavy (non-hydrogen) atoms. The van der Waals surface area contributed by atoms with Crippen LogP contribution < -0.4 is 0 Å². The van der Waals surface area contributed by atoms with Gasteiger partial charge in [-0.15, -0.1) is 0 Å². The molecule has 0 aromatic heterocycles. The molecule has 0 amide bonds. The van der Waals surface area contributed by atoms with Crippen molar-refractivity contribution < 1.29 is 27.4 Å². The van der Waals surface area contributed by atoms with Crippen molar-refractivity contribution in [2.45, 2.75) is 31.7 Å². The van der Waals surface area contributed by atoms with E-state index in [-0.39, 0.29) is 0 Å². The summed E-state index contributed by atoms with van der Waals surface area (Å²) in [4.78, 5) is 11.7. The molecule has 0 bridgehead atoms. The van der Waals surface area contributed by atoms with Gasteiger partial charge in [-0.1, -0.05) is 18.2 Å². The van der Waals surface area contributed by atoms with Gasteiger partial charge in [-0.3, -0.25) is 0 Å². The van der Waals surface area contributed by atoms with Crippen LogP contribution in [-0.4, -0.2) is 25.0 Å². The Morgan fingerprint density at radius 3 is 2.58 bits per heavy atom. The van der Waals surface area contributed by atoms with Crippen molar-refractivity contribution in [1.82, 2.24) is 0 Å². The molecular formula is C13H13F3O3. The standard InChI is InChI=1S/C13H13F3O3/c1-12(2)9-6-4-3-5-8(9)10(17)19-11(12)18-7-13(14,15)16/h3-6,11H,7H2,1-2H3. The van der Waals surface area contributed by atoms with Gasteiger partial charge in [0.2, 0.25) is 6.29 Å². The first kappa shape index (κ1) is 13.9. The number of carbonyl (C=O) groups excluding carboxylic acids is 1. The molecule has 1 aliphatic rings. The summed E-state index contributed by atoms with van der Waals surface area (Å²) in [6.07, 6.45) is -5.71. The maximum atomic E-state index is 12.2. The third-order valence-corrected chi connectivity index (χ3v) is 3.04. The van der Waals surface area contributed by atoms with Crippen LogP contribution in [0, 0.1) is 0 Å². The fourth-order valence-corrected chi connectivity index (χ4v) is 2.07. The molecule has 0 fully saturated rings. The van der Waals surface area contributed by atoms with Crippen molar-refractivity contribution in [2.75, 3.05) is 6.61 Å². The van der Waals surface area contributed by atoms with Crippen LogP contribution in [-0.2, 0) is 14.9 Å². The lowest BCUT2D eigenvalue weighted by Crippen LogP contribution is -2.46. The zero-order chi connectivity index (χ0) is 14.3. The highest BCUT2D eigenvalue weighted by Crippen LogP contribution is 2.37. The first-order valence-corrected chi connectivity index (χ1v) is 5.70. The Morgan fingerprint density at radius 2 is 1.95 bits per heavy atom. The van der Waals surface area contributed by atoms with E-state index in [2.05, 4.69) is 0 Å². The fraction of sp³-hybridized carbons (Fsp3) is 0.462. The second-order valence-electron chi connectivity index (χ2n) is 4.93. The molecule has 0 radical (unpaired) electrons. The van der Waals surface area contributed by atoms with Gasteiger partial charge in [0.05, 0.1) is 11.0 Å². The molecule has 1 aromatic rings. The molecule has 104 valence electrons. The van der Waals surface area contributed by atoms with Crippen LogP contribution in [0.4, 0.5) is 13.2 Å². The Hall–Kier alpha value is -1.56. The van der Waals surface area contributed by atoms with Gasteiger partial charge in [0.25, 0.3) is 0 Å². The van der Waals surface area contributed by atoms with Crippen molar-refractivity contribution in [3.8, 4) is 0 Å². The van der Waals surface area contributed by atoms with Crippen molar-refractivity contribution in [3.63, 3.8) is 0 Å². The number of halogens is 3. The van der Waals surface area contributed by atoms with Crippen LogP contribution in [0.5, 0.6) is 0 Å². The number of fused-ring (bicyclic) bond motifs is 1. The Bertz CT molecular complexity index is 494. The van der Waals surface area contributed by atoms with E-state index in [0.29, 0.717) is 11.1 Å². The molecule has 0 spiro atoms. The predicted octanol–water partition coefficient (Wildman–Crippen LogP) is 3.04.